The quantitative estimate of drug-likeness (QED) is 0.852. The summed E-state index contributed by atoms with van der Waals surface area (Å²) in [5.41, 5.74) is -1.11. The summed E-state index contributed by atoms with van der Waals surface area (Å²) < 4.78 is 43.3. The Bertz CT molecular complexity index is 601. The molecule has 9 heteroatoms. The van der Waals surface area contributed by atoms with Gasteiger partial charge in [-0.3, -0.25) is 9.59 Å². The number of anilines is 1. The highest BCUT2D eigenvalue weighted by atomic mass is 35.5. The van der Waals surface area contributed by atoms with Gasteiger partial charge in [0.1, 0.15) is 6.42 Å². The van der Waals surface area contributed by atoms with E-state index in [1.165, 1.54) is 11.0 Å². The molecule has 2 amide bonds. The van der Waals surface area contributed by atoms with Gasteiger partial charge in [0.15, 0.2) is 0 Å². The zero-order valence-electron chi connectivity index (χ0n) is 12.0. The third kappa shape index (κ3) is 4.84. The van der Waals surface area contributed by atoms with E-state index in [4.69, 9.17) is 16.3 Å². The molecule has 2 rings (SSSR count). The number of alkyl halides is 3. The maximum Gasteiger partial charge on any atom is 0.417 e. The highest BCUT2D eigenvalue weighted by Crippen LogP contribution is 2.36. The van der Waals surface area contributed by atoms with Gasteiger partial charge in [0.05, 0.1) is 23.8 Å². The number of amides is 2. The molecular formula is C14H14ClF3N2O3. The lowest BCUT2D eigenvalue weighted by Crippen LogP contribution is -2.41. The molecule has 1 aromatic carbocycles. The van der Waals surface area contributed by atoms with Crippen molar-refractivity contribution in [1.82, 2.24) is 4.90 Å². The normalized spacial score (nSPS) is 15.4. The first-order chi connectivity index (χ1) is 10.8. The molecule has 0 aromatic heterocycles. The lowest BCUT2D eigenvalue weighted by molar-refractivity contribution is -0.139. The molecular weight excluding hydrogens is 337 g/mol. The van der Waals surface area contributed by atoms with Crippen LogP contribution >= 0.6 is 11.6 Å². The van der Waals surface area contributed by atoms with Gasteiger partial charge in [0, 0.05) is 18.8 Å². The molecule has 0 bridgehead atoms. The Hall–Kier alpha value is -1.80. The second-order valence-electron chi connectivity index (χ2n) is 4.91. The van der Waals surface area contributed by atoms with E-state index in [1.54, 1.807) is 0 Å². The third-order valence-electron chi connectivity index (χ3n) is 3.23. The van der Waals surface area contributed by atoms with Crippen LogP contribution in [-0.2, 0) is 20.5 Å². The van der Waals surface area contributed by atoms with Gasteiger partial charge in [0.25, 0.3) is 0 Å². The molecule has 1 aliphatic rings. The van der Waals surface area contributed by atoms with Crippen LogP contribution in [0.3, 0.4) is 0 Å². The standard InChI is InChI=1S/C14H14ClF3N2O3/c15-11-2-1-9(7-10(11)14(16,17)18)19-12(21)8-13(22)20-3-5-23-6-4-20/h1-2,7H,3-6,8H2,(H,19,21). The minimum absolute atomic E-state index is 0.0681. The largest absolute Gasteiger partial charge is 0.417 e. The summed E-state index contributed by atoms with van der Waals surface area (Å²) in [7, 11) is 0. The Balaban J connectivity index is 1.98. The SMILES string of the molecule is O=C(CC(=O)N1CCOCC1)Nc1ccc(Cl)c(C(F)(F)F)c1. The van der Waals surface area contributed by atoms with Crippen molar-refractivity contribution in [2.75, 3.05) is 31.6 Å². The van der Waals surface area contributed by atoms with E-state index in [9.17, 15) is 22.8 Å². The maximum atomic E-state index is 12.7. The van der Waals surface area contributed by atoms with Crippen molar-refractivity contribution in [1.29, 1.82) is 0 Å². The first-order valence-corrected chi connectivity index (χ1v) is 7.17. The Morgan fingerprint density at radius 3 is 2.52 bits per heavy atom. The summed E-state index contributed by atoms with van der Waals surface area (Å²) in [5.74, 6) is -1.08. The van der Waals surface area contributed by atoms with Gasteiger partial charge in [0.2, 0.25) is 11.8 Å². The van der Waals surface area contributed by atoms with Crippen LogP contribution in [-0.4, -0.2) is 43.0 Å². The Labute approximate surface area is 135 Å². The van der Waals surface area contributed by atoms with Gasteiger partial charge >= 0.3 is 6.18 Å². The van der Waals surface area contributed by atoms with Crippen LogP contribution in [0.1, 0.15) is 12.0 Å². The molecule has 23 heavy (non-hydrogen) atoms. The number of rotatable bonds is 3. The second kappa shape index (κ2) is 7.18. The predicted octanol–water partition coefficient (Wildman–Crippen LogP) is 2.55. The van der Waals surface area contributed by atoms with Gasteiger partial charge in [-0.25, -0.2) is 0 Å². The smallest absolute Gasteiger partial charge is 0.378 e. The average Bonchev–Trinajstić information content (AvgIpc) is 2.49. The predicted molar refractivity (Wildman–Crippen MR) is 77.1 cm³/mol. The number of morpholine rings is 1. The van der Waals surface area contributed by atoms with Gasteiger partial charge in [-0.1, -0.05) is 11.6 Å². The third-order valence-corrected chi connectivity index (χ3v) is 3.56. The van der Waals surface area contributed by atoms with E-state index >= 15 is 0 Å². The van der Waals surface area contributed by atoms with E-state index in [-0.39, 0.29) is 5.69 Å². The van der Waals surface area contributed by atoms with Crippen LogP contribution in [0.5, 0.6) is 0 Å². The van der Waals surface area contributed by atoms with Crippen LogP contribution < -0.4 is 5.32 Å². The fourth-order valence-electron chi connectivity index (χ4n) is 2.09. The summed E-state index contributed by atoms with van der Waals surface area (Å²) >= 11 is 5.50. The molecule has 1 saturated heterocycles. The van der Waals surface area contributed by atoms with Crippen LogP contribution in [0.2, 0.25) is 5.02 Å². The first-order valence-electron chi connectivity index (χ1n) is 6.79. The molecule has 0 aliphatic carbocycles. The molecule has 0 unspecified atom stereocenters. The Morgan fingerprint density at radius 2 is 1.91 bits per heavy atom. The van der Waals surface area contributed by atoms with E-state index in [2.05, 4.69) is 5.32 Å². The summed E-state index contributed by atoms with van der Waals surface area (Å²) in [5, 5.41) is 1.82. The summed E-state index contributed by atoms with van der Waals surface area (Å²) in [6.45, 7) is 1.59. The number of hydrogen-bond acceptors (Lipinski definition) is 3. The molecule has 5 nitrogen and oxygen atoms in total. The maximum absolute atomic E-state index is 12.7. The van der Waals surface area contributed by atoms with E-state index < -0.39 is 35.0 Å². The van der Waals surface area contributed by atoms with Gasteiger partial charge in [-0.05, 0) is 18.2 Å². The first kappa shape index (κ1) is 17.6. The molecule has 126 valence electrons. The van der Waals surface area contributed by atoms with Crippen molar-refractivity contribution in [2.45, 2.75) is 12.6 Å². The fourth-order valence-corrected chi connectivity index (χ4v) is 2.31. The lowest BCUT2D eigenvalue weighted by Gasteiger charge is -2.26. The fraction of sp³-hybridized carbons (Fsp3) is 0.429. The van der Waals surface area contributed by atoms with E-state index in [1.807, 2.05) is 0 Å². The molecule has 0 atom stereocenters. The Morgan fingerprint density at radius 1 is 1.26 bits per heavy atom. The molecule has 1 aliphatic heterocycles. The van der Waals surface area contributed by atoms with Gasteiger partial charge < -0.3 is 15.0 Å². The second-order valence-corrected chi connectivity index (χ2v) is 5.32. The number of halogens is 4. The summed E-state index contributed by atoms with van der Waals surface area (Å²) in [6, 6.07) is 3.03. The zero-order valence-corrected chi connectivity index (χ0v) is 12.7. The molecule has 1 fully saturated rings. The number of benzene rings is 1. The van der Waals surface area contributed by atoms with E-state index in [0.29, 0.717) is 26.3 Å². The Kier molecular flexibility index (Phi) is 5.48. The van der Waals surface area contributed by atoms with Crippen molar-refractivity contribution in [3.05, 3.63) is 28.8 Å². The minimum atomic E-state index is -4.62. The van der Waals surface area contributed by atoms with Gasteiger partial charge in [-0.2, -0.15) is 13.2 Å². The number of nitrogens with zero attached hydrogens (tertiary/aromatic N) is 1. The highest BCUT2D eigenvalue weighted by Gasteiger charge is 2.33. The van der Waals surface area contributed by atoms with Crippen LogP contribution in [0.15, 0.2) is 18.2 Å². The van der Waals surface area contributed by atoms with Crippen molar-refractivity contribution in [2.24, 2.45) is 0 Å². The minimum Gasteiger partial charge on any atom is -0.378 e. The lowest BCUT2D eigenvalue weighted by atomic mass is 10.2. The molecule has 0 spiro atoms. The monoisotopic (exact) mass is 350 g/mol. The molecule has 1 N–H and O–H groups in total. The van der Waals surface area contributed by atoms with Crippen molar-refractivity contribution < 1.29 is 27.5 Å². The number of nitrogens with one attached hydrogen (secondary N) is 1. The topological polar surface area (TPSA) is 58.6 Å². The molecule has 1 heterocycles. The van der Waals surface area contributed by atoms with Gasteiger partial charge in [-0.15, -0.1) is 0 Å². The van der Waals surface area contributed by atoms with Crippen molar-refractivity contribution in [3.63, 3.8) is 0 Å². The number of carbonyl (C=O) groups is 2. The van der Waals surface area contributed by atoms with Crippen molar-refractivity contribution >= 4 is 29.1 Å². The van der Waals surface area contributed by atoms with Crippen LogP contribution in [0, 0.1) is 0 Å². The zero-order chi connectivity index (χ0) is 17.0. The number of hydrogen-bond donors (Lipinski definition) is 1. The molecule has 0 radical (unpaired) electrons. The molecule has 1 aromatic rings. The summed E-state index contributed by atoms with van der Waals surface area (Å²) in [6.07, 6.45) is -5.06. The van der Waals surface area contributed by atoms with E-state index in [0.717, 1.165) is 12.1 Å². The number of carbonyl (C=O) groups excluding carboxylic acids is 2. The average molecular weight is 351 g/mol. The highest BCUT2D eigenvalue weighted by molar-refractivity contribution is 6.31. The number of ether oxygens (including phenoxy) is 1. The van der Waals surface area contributed by atoms with Crippen LogP contribution in [0.25, 0.3) is 0 Å². The summed E-state index contributed by atoms with van der Waals surface area (Å²) in [4.78, 5) is 25.2. The molecule has 0 saturated carbocycles. The van der Waals surface area contributed by atoms with Crippen LogP contribution in [0.4, 0.5) is 18.9 Å². The van der Waals surface area contributed by atoms with Crippen molar-refractivity contribution in [3.8, 4) is 0 Å².